The van der Waals surface area contributed by atoms with Crippen LogP contribution in [0.4, 0.5) is 4.39 Å². The van der Waals surface area contributed by atoms with Crippen LogP contribution in [0.25, 0.3) is 0 Å². The molecule has 1 saturated carbocycles. The van der Waals surface area contributed by atoms with Gasteiger partial charge in [-0.25, -0.2) is 4.39 Å². The molecule has 6 heteroatoms. The Hall–Kier alpha value is -1.66. The minimum Gasteiger partial charge on any atom is -0.491 e. The van der Waals surface area contributed by atoms with Crippen molar-refractivity contribution >= 4 is 5.91 Å². The molecule has 0 radical (unpaired) electrons. The van der Waals surface area contributed by atoms with Crippen molar-refractivity contribution in [1.29, 1.82) is 0 Å². The van der Waals surface area contributed by atoms with Gasteiger partial charge in [0.25, 0.3) is 0 Å². The number of morpholine rings is 1. The van der Waals surface area contributed by atoms with Crippen LogP contribution in [0.5, 0.6) is 5.75 Å². The smallest absolute Gasteiger partial charge is 0.248 e. The zero-order chi connectivity index (χ0) is 17.9. The molecule has 5 nitrogen and oxygen atoms in total. The van der Waals surface area contributed by atoms with Crippen LogP contribution in [0.1, 0.15) is 25.7 Å². The molecule has 0 spiro atoms. The summed E-state index contributed by atoms with van der Waals surface area (Å²) in [6, 6.07) is 6.29. The average molecular weight is 362 g/mol. The Balaban J connectivity index is 1.26. The molecule has 0 aromatic heterocycles. The number of hydrogen-bond donors (Lipinski definition) is 0. The van der Waals surface area contributed by atoms with Gasteiger partial charge in [-0.3, -0.25) is 4.79 Å². The average Bonchev–Trinajstić information content (AvgIpc) is 3.47. The van der Waals surface area contributed by atoms with Crippen molar-refractivity contribution in [3.05, 3.63) is 30.1 Å². The number of benzene rings is 1. The summed E-state index contributed by atoms with van der Waals surface area (Å²) in [7, 11) is 0. The highest BCUT2D eigenvalue weighted by Crippen LogP contribution is 2.31. The standard InChI is InChI=1S/C20H27FN2O3/c21-16-3-5-18(6-4-16)25-13-19-12-23(20(24)14-26-19)17-7-9-22(10-8-17)11-15-1-2-15/h3-6,15,17,19H,1-2,7-14H2/t19-/m1/s1. The van der Waals surface area contributed by atoms with Crippen molar-refractivity contribution in [2.45, 2.75) is 37.8 Å². The van der Waals surface area contributed by atoms with E-state index in [1.54, 1.807) is 12.1 Å². The van der Waals surface area contributed by atoms with Gasteiger partial charge in [-0.2, -0.15) is 0 Å². The summed E-state index contributed by atoms with van der Waals surface area (Å²) in [6.45, 7) is 4.48. The molecule has 3 aliphatic rings. The van der Waals surface area contributed by atoms with Gasteiger partial charge in [0.2, 0.25) is 5.91 Å². The summed E-state index contributed by atoms with van der Waals surface area (Å²) in [6.07, 6.45) is 4.73. The predicted molar refractivity (Wildman–Crippen MR) is 95.5 cm³/mol. The van der Waals surface area contributed by atoms with Crippen molar-refractivity contribution in [3.8, 4) is 5.75 Å². The van der Waals surface area contributed by atoms with Crippen molar-refractivity contribution in [2.24, 2.45) is 5.92 Å². The summed E-state index contributed by atoms with van der Waals surface area (Å²) in [5.41, 5.74) is 0. The number of amides is 1. The summed E-state index contributed by atoms with van der Waals surface area (Å²) >= 11 is 0. The van der Waals surface area contributed by atoms with Crippen LogP contribution < -0.4 is 4.74 Å². The third kappa shape index (κ3) is 4.54. The first kappa shape index (κ1) is 17.7. The lowest BCUT2D eigenvalue weighted by molar-refractivity contribution is -0.155. The van der Waals surface area contributed by atoms with E-state index in [0.717, 1.165) is 31.8 Å². The third-order valence-corrected chi connectivity index (χ3v) is 5.62. The van der Waals surface area contributed by atoms with Crippen molar-refractivity contribution < 1.29 is 18.7 Å². The van der Waals surface area contributed by atoms with E-state index in [1.807, 2.05) is 4.90 Å². The lowest BCUT2D eigenvalue weighted by Gasteiger charge is -2.42. The Morgan fingerprint density at radius 1 is 1.12 bits per heavy atom. The lowest BCUT2D eigenvalue weighted by atomic mass is 10.0. The van der Waals surface area contributed by atoms with Crippen LogP contribution in [0.15, 0.2) is 24.3 Å². The van der Waals surface area contributed by atoms with E-state index in [9.17, 15) is 9.18 Å². The Labute approximate surface area is 154 Å². The lowest BCUT2D eigenvalue weighted by Crippen LogP contribution is -2.55. The Bertz CT molecular complexity index is 612. The molecule has 0 unspecified atom stereocenters. The van der Waals surface area contributed by atoms with Gasteiger partial charge in [0.05, 0.1) is 6.54 Å². The molecule has 26 heavy (non-hydrogen) atoms. The Morgan fingerprint density at radius 3 is 2.54 bits per heavy atom. The number of halogens is 1. The van der Waals surface area contributed by atoms with E-state index < -0.39 is 0 Å². The fourth-order valence-corrected chi connectivity index (χ4v) is 3.90. The van der Waals surface area contributed by atoms with Crippen LogP contribution in [-0.2, 0) is 9.53 Å². The molecule has 4 rings (SSSR count). The number of ether oxygens (including phenoxy) is 2. The van der Waals surface area contributed by atoms with E-state index in [4.69, 9.17) is 9.47 Å². The zero-order valence-electron chi connectivity index (χ0n) is 15.1. The van der Waals surface area contributed by atoms with E-state index >= 15 is 0 Å². The molecule has 2 saturated heterocycles. The van der Waals surface area contributed by atoms with Gasteiger partial charge in [-0.05, 0) is 55.9 Å². The summed E-state index contributed by atoms with van der Waals surface area (Å²) in [4.78, 5) is 16.9. The highest BCUT2D eigenvalue weighted by atomic mass is 19.1. The maximum Gasteiger partial charge on any atom is 0.248 e. The third-order valence-electron chi connectivity index (χ3n) is 5.62. The molecule has 142 valence electrons. The summed E-state index contributed by atoms with van der Waals surface area (Å²) in [5, 5.41) is 0. The van der Waals surface area contributed by atoms with E-state index in [0.29, 0.717) is 24.9 Å². The fourth-order valence-electron chi connectivity index (χ4n) is 3.90. The van der Waals surface area contributed by atoms with Crippen LogP contribution in [0, 0.1) is 11.7 Å². The maximum atomic E-state index is 13.0. The Kier molecular flexibility index (Phi) is 5.41. The highest BCUT2D eigenvalue weighted by molar-refractivity contribution is 5.78. The number of carbonyl (C=O) groups excluding carboxylic acids is 1. The fraction of sp³-hybridized carbons (Fsp3) is 0.650. The molecule has 2 heterocycles. The largest absolute Gasteiger partial charge is 0.491 e. The predicted octanol–water partition coefficient (Wildman–Crippen LogP) is 2.31. The van der Waals surface area contributed by atoms with Crippen LogP contribution in [0.2, 0.25) is 0 Å². The van der Waals surface area contributed by atoms with E-state index in [-0.39, 0.29) is 24.4 Å². The van der Waals surface area contributed by atoms with Crippen LogP contribution in [0.3, 0.4) is 0 Å². The molecular formula is C20H27FN2O3. The molecule has 1 amide bonds. The van der Waals surface area contributed by atoms with Gasteiger partial charge in [-0.1, -0.05) is 0 Å². The number of likely N-dealkylation sites (tertiary alicyclic amines) is 1. The normalized spacial score (nSPS) is 25.5. The second kappa shape index (κ2) is 7.92. The van der Waals surface area contributed by atoms with Crippen LogP contribution >= 0.6 is 0 Å². The van der Waals surface area contributed by atoms with E-state index in [1.165, 1.54) is 31.5 Å². The molecule has 1 atom stereocenters. The van der Waals surface area contributed by atoms with Gasteiger partial charge in [0, 0.05) is 25.7 Å². The zero-order valence-corrected chi connectivity index (χ0v) is 15.1. The number of rotatable bonds is 6. The molecule has 1 aliphatic carbocycles. The SMILES string of the molecule is O=C1CO[C@@H](COc2ccc(F)cc2)CN1C1CCN(CC2CC2)CC1. The molecule has 2 aliphatic heterocycles. The number of hydrogen-bond acceptors (Lipinski definition) is 4. The first-order chi connectivity index (χ1) is 12.7. The highest BCUT2D eigenvalue weighted by Gasteiger charge is 2.34. The summed E-state index contributed by atoms with van der Waals surface area (Å²) in [5.74, 6) is 1.34. The molecule has 0 bridgehead atoms. The topological polar surface area (TPSA) is 42.0 Å². The van der Waals surface area contributed by atoms with Crippen LogP contribution in [-0.4, -0.2) is 67.2 Å². The number of carbonyl (C=O) groups is 1. The van der Waals surface area contributed by atoms with Gasteiger partial charge in [0.15, 0.2) is 0 Å². The quantitative estimate of drug-likeness (QED) is 0.779. The molecule has 0 N–H and O–H groups in total. The first-order valence-corrected chi connectivity index (χ1v) is 9.69. The minimum atomic E-state index is -0.281. The monoisotopic (exact) mass is 362 g/mol. The second-order valence-electron chi connectivity index (χ2n) is 7.72. The first-order valence-electron chi connectivity index (χ1n) is 9.69. The summed E-state index contributed by atoms with van der Waals surface area (Å²) < 4.78 is 24.3. The molecule has 1 aromatic carbocycles. The maximum absolute atomic E-state index is 13.0. The van der Waals surface area contributed by atoms with Gasteiger partial charge >= 0.3 is 0 Å². The van der Waals surface area contributed by atoms with Gasteiger partial charge < -0.3 is 19.3 Å². The van der Waals surface area contributed by atoms with Gasteiger partial charge in [0.1, 0.15) is 30.9 Å². The van der Waals surface area contributed by atoms with E-state index in [2.05, 4.69) is 4.90 Å². The second-order valence-corrected chi connectivity index (χ2v) is 7.72. The molecular weight excluding hydrogens is 335 g/mol. The minimum absolute atomic E-state index is 0.0867. The van der Waals surface area contributed by atoms with Crippen molar-refractivity contribution in [2.75, 3.05) is 39.4 Å². The van der Waals surface area contributed by atoms with Crippen molar-refractivity contribution in [3.63, 3.8) is 0 Å². The number of piperidine rings is 1. The number of nitrogens with zero attached hydrogens (tertiary/aromatic N) is 2. The molecule has 1 aromatic rings. The Morgan fingerprint density at radius 2 is 1.85 bits per heavy atom. The van der Waals surface area contributed by atoms with Gasteiger partial charge in [-0.15, -0.1) is 0 Å². The molecule has 3 fully saturated rings. The van der Waals surface area contributed by atoms with Crippen molar-refractivity contribution in [1.82, 2.24) is 9.80 Å².